The predicted octanol–water partition coefficient (Wildman–Crippen LogP) is 3.16. The molecule has 3 heteroatoms. The first-order valence-corrected chi connectivity index (χ1v) is 7.04. The number of nitrogens with two attached hydrogens (primary N) is 1. The van der Waals surface area contributed by atoms with Crippen LogP contribution in [-0.2, 0) is 0 Å². The highest BCUT2D eigenvalue weighted by atomic mass is 32.2. The van der Waals surface area contributed by atoms with Crippen LogP contribution in [0.15, 0.2) is 18.2 Å². The number of para-hydroxylation sites is 1. The van der Waals surface area contributed by atoms with Crippen molar-refractivity contribution in [1.82, 2.24) is 0 Å². The summed E-state index contributed by atoms with van der Waals surface area (Å²) in [6.45, 7) is 4.37. The second kappa shape index (κ2) is 6.04. The van der Waals surface area contributed by atoms with Crippen molar-refractivity contribution in [3.8, 4) is 0 Å². The van der Waals surface area contributed by atoms with Gasteiger partial charge in [0, 0.05) is 13.1 Å². The normalized spacial score (nSPS) is 12.5. The third-order valence-electron chi connectivity index (χ3n) is 3.02. The topological polar surface area (TPSA) is 29.3 Å². The number of thioether (sulfide) groups is 1. The Hall–Kier alpha value is -0.830. The standard InChI is InChI=1S/C13H22N2S/c1-10-6-5-7-12(14)13(10)15(3)11(2)8-9-16-4/h5-7,11H,8-9,14H2,1-4H3. The summed E-state index contributed by atoms with van der Waals surface area (Å²) in [5, 5.41) is 0. The lowest BCUT2D eigenvalue weighted by Gasteiger charge is -2.29. The van der Waals surface area contributed by atoms with E-state index in [9.17, 15) is 0 Å². The molecule has 0 heterocycles. The number of anilines is 2. The van der Waals surface area contributed by atoms with Crippen molar-refractivity contribution in [2.24, 2.45) is 0 Å². The van der Waals surface area contributed by atoms with Crippen LogP contribution in [0.3, 0.4) is 0 Å². The molecule has 0 aliphatic heterocycles. The molecular formula is C13H22N2S. The number of aryl methyl sites for hydroxylation is 1. The Morgan fingerprint density at radius 2 is 2.12 bits per heavy atom. The summed E-state index contributed by atoms with van der Waals surface area (Å²) >= 11 is 1.89. The average Bonchev–Trinajstić information content (AvgIpc) is 2.25. The van der Waals surface area contributed by atoms with Gasteiger partial charge in [0.05, 0.1) is 11.4 Å². The SMILES string of the molecule is CSCCC(C)N(C)c1c(C)cccc1N. The first kappa shape index (κ1) is 13.2. The summed E-state index contributed by atoms with van der Waals surface area (Å²) < 4.78 is 0. The maximum Gasteiger partial charge on any atom is 0.0629 e. The average molecular weight is 238 g/mol. The van der Waals surface area contributed by atoms with Crippen molar-refractivity contribution in [3.05, 3.63) is 23.8 Å². The van der Waals surface area contributed by atoms with Gasteiger partial charge in [-0.05, 0) is 43.9 Å². The molecule has 1 aromatic rings. The van der Waals surface area contributed by atoms with Gasteiger partial charge in [0.1, 0.15) is 0 Å². The third kappa shape index (κ3) is 3.08. The number of rotatable bonds is 5. The first-order chi connectivity index (χ1) is 7.57. The molecule has 1 rings (SSSR count). The summed E-state index contributed by atoms with van der Waals surface area (Å²) in [7, 11) is 2.13. The van der Waals surface area contributed by atoms with Gasteiger partial charge in [-0.25, -0.2) is 0 Å². The molecule has 2 N–H and O–H groups in total. The van der Waals surface area contributed by atoms with E-state index in [2.05, 4.69) is 38.1 Å². The largest absolute Gasteiger partial charge is 0.397 e. The Kier molecular flexibility index (Phi) is 5.00. The maximum absolute atomic E-state index is 6.04. The minimum Gasteiger partial charge on any atom is -0.397 e. The summed E-state index contributed by atoms with van der Waals surface area (Å²) in [6.07, 6.45) is 3.33. The lowest BCUT2D eigenvalue weighted by atomic mass is 10.1. The van der Waals surface area contributed by atoms with Gasteiger partial charge in [0.2, 0.25) is 0 Å². The van der Waals surface area contributed by atoms with E-state index >= 15 is 0 Å². The molecule has 0 fully saturated rings. The van der Waals surface area contributed by atoms with E-state index in [1.807, 2.05) is 23.9 Å². The third-order valence-corrected chi connectivity index (χ3v) is 3.67. The fourth-order valence-electron chi connectivity index (χ4n) is 1.87. The van der Waals surface area contributed by atoms with Crippen LogP contribution < -0.4 is 10.6 Å². The summed E-state index contributed by atoms with van der Waals surface area (Å²) in [6, 6.07) is 6.62. The highest BCUT2D eigenvalue weighted by Gasteiger charge is 2.13. The van der Waals surface area contributed by atoms with Crippen LogP contribution in [0, 0.1) is 6.92 Å². The van der Waals surface area contributed by atoms with Crippen LogP contribution in [-0.4, -0.2) is 25.1 Å². The monoisotopic (exact) mass is 238 g/mol. The molecule has 0 aliphatic carbocycles. The molecule has 16 heavy (non-hydrogen) atoms. The van der Waals surface area contributed by atoms with Gasteiger partial charge in [-0.3, -0.25) is 0 Å². The number of hydrogen-bond acceptors (Lipinski definition) is 3. The lowest BCUT2D eigenvalue weighted by molar-refractivity contribution is 0.669. The smallest absolute Gasteiger partial charge is 0.0629 e. The van der Waals surface area contributed by atoms with Gasteiger partial charge in [-0.2, -0.15) is 11.8 Å². The van der Waals surface area contributed by atoms with Crippen LogP contribution in [0.4, 0.5) is 11.4 Å². The number of nitrogen functional groups attached to an aromatic ring is 1. The van der Waals surface area contributed by atoms with Crippen LogP contribution in [0.1, 0.15) is 18.9 Å². The van der Waals surface area contributed by atoms with Crippen molar-refractivity contribution < 1.29 is 0 Å². The van der Waals surface area contributed by atoms with E-state index in [4.69, 9.17) is 5.73 Å². The highest BCUT2D eigenvalue weighted by Crippen LogP contribution is 2.28. The number of hydrogen-bond donors (Lipinski definition) is 1. The lowest BCUT2D eigenvalue weighted by Crippen LogP contribution is -2.30. The second-order valence-corrected chi connectivity index (χ2v) is 5.24. The summed E-state index contributed by atoms with van der Waals surface area (Å²) in [5.41, 5.74) is 9.34. The molecule has 0 radical (unpaired) electrons. The van der Waals surface area contributed by atoms with E-state index in [-0.39, 0.29) is 0 Å². The van der Waals surface area contributed by atoms with E-state index in [0.29, 0.717) is 6.04 Å². The van der Waals surface area contributed by atoms with Crippen LogP contribution in [0.5, 0.6) is 0 Å². The molecule has 90 valence electrons. The van der Waals surface area contributed by atoms with Gasteiger partial charge in [0.15, 0.2) is 0 Å². The van der Waals surface area contributed by atoms with Crippen molar-refractivity contribution in [1.29, 1.82) is 0 Å². The fraction of sp³-hybridized carbons (Fsp3) is 0.538. The Balaban J connectivity index is 2.82. The van der Waals surface area contributed by atoms with Gasteiger partial charge in [0.25, 0.3) is 0 Å². The summed E-state index contributed by atoms with van der Waals surface area (Å²) in [5.74, 6) is 1.19. The summed E-state index contributed by atoms with van der Waals surface area (Å²) in [4.78, 5) is 2.29. The second-order valence-electron chi connectivity index (χ2n) is 4.25. The zero-order chi connectivity index (χ0) is 12.1. The minimum absolute atomic E-state index is 0.524. The van der Waals surface area contributed by atoms with E-state index in [1.165, 1.54) is 23.4 Å². The predicted molar refractivity (Wildman–Crippen MR) is 76.5 cm³/mol. The molecule has 0 aliphatic rings. The molecule has 0 bridgehead atoms. The Labute approximate surface area is 103 Å². The van der Waals surface area contributed by atoms with Gasteiger partial charge >= 0.3 is 0 Å². The number of benzene rings is 1. The zero-order valence-electron chi connectivity index (χ0n) is 10.7. The molecule has 1 atom stereocenters. The van der Waals surface area contributed by atoms with E-state index in [1.54, 1.807) is 0 Å². The molecular weight excluding hydrogens is 216 g/mol. The molecule has 1 unspecified atom stereocenters. The Morgan fingerprint density at radius 3 is 2.69 bits per heavy atom. The van der Waals surface area contributed by atoms with Crippen molar-refractivity contribution >= 4 is 23.1 Å². The van der Waals surface area contributed by atoms with Gasteiger partial charge in [-0.15, -0.1) is 0 Å². The van der Waals surface area contributed by atoms with Crippen molar-refractivity contribution in [3.63, 3.8) is 0 Å². The molecule has 1 aromatic carbocycles. The molecule has 0 saturated heterocycles. The highest BCUT2D eigenvalue weighted by molar-refractivity contribution is 7.98. The Bertz CT molecular complexity index is 318. The van der Waals surface area contributed by atoms with Crippen LogP contribution in [0.2, 0.25) is 0 Å². The van der Waals surface area contributed by atoms with Crippen LogP contribution in [0.25, 0.3) is 0 Å². The van der Waals surface area contributed by atoms with E-state index in [0.717, 1.165) is 5.69 Å². The molecule has 0 saturated carbocycles. The molecule has 0 spiro atoms. The van der Waals surface area contributed by atoms with Gasteiger partial charge in [-0.1, -0.05) is 12.1 Å². The van der Waals surface area contributed by atoms with Crippen LogP contribution >= 0.6 is 11.8 Å². The quantitative estimate of drug-likeness (QED) is 0.799. The molecule has 2 nitrogen and oxygen atoms in total. The fourth-order valence-corrected chi connectivity index (χ4v) is 2.44. The van der Waals surface area contributed by atoms with E-state index < -0.39 is 0 Å². The minimum atomic E-state index is 0.524. The Morgan fingerprint density at radius 1 is 1.44 bits per heavy atom. The number of nitrogens with zero attached hydrogens (tertiary/aromatic N) is 1. The maximum atomic E-state index is 6.04. The molecule has 0 aromatic heterocycles. The van der Waals surface area contributed by atoms with Gasteiger partial charge < -0.3 is 10.6 Å². The molecule has 0 amide bonds. The zero-order valence-corrected chi connectivity index (χ0v) is 11.5. The first-order valence-electron chi connectivity index (χ1n) is 5.64. The van der Waals surface area contributed by atoms with Crippen molar-refractivity contribution in [2.75, 3.05) is 29.7 Å². The van der Waals surface area contributed by atoms with Crippen molar-refractivity contribution in [2.45, 2.75) is 26.3 Å².